The summed E-state index contributed by atoms with van der Waals surface area (Å²) >= 11 is 0. The Morgan fingerprint density at radius 3 is 2.42 bits per heavy atom. The molecule has 2 aliphatic rings. The van der Waals surface area contributed by atoms with Gasteiger partial charge in [0, 0.05) is 6.42 Å². The van der Waals surface area contributed by atoms with E-state index >= 15 is 0 Å². The van der Waals surface area contributed by atoms with Crippen molar-refractivity contribution in [2.75, 3.05) is 24.7 Å². The van der Waals surface area contributed by atoms with E-state index in [1.807, 2.05) is 0 Å². The van der Waals surface area contributed by atoms with Gasteiger partial charge in [-0.05, 0) is 0 Å². The topological polar surface area (TPSA) is 60.4 Å². The summed E-state index contributed by atoms with van der Waals surface area (Å²) in [6.45, 7) is 0.593. The van der Waals surface area contributed by atoms with E-state index in [4.69, 9.17) is 4.74 Å². The fourth-order valence-electron chi connectivity index (χ4n) is 1.68. The van der Waals surface area contributed by atoms with E-state index in [9.17, 15) is 13.2 Å². The Morgan fingerprint density at radius 1 is 1.33 bits per heavy atom. The van der Waals surface area contributed by atoms with Crippen molar-refractivity contribution in [1.29, 1.82) is 0 Å². The first kappa shape index (κ1) is 8.19. The monoisotopic (exact) mass is 190 g/mol. The Labute approximate surface area is 70.8 Å². The minimum Gasteiger partial charge on any atom is -0.379 e. The smallest absolute Gasteiger partial charge is 0.151 e. The van der Waals surface area contributed by atoms with Gasteiger partial charge in [-0.1, -0.05) is 0 Å². The molecule has 0 unspecified atom stereocenters. The van der Waals surface area contributed by atoms with Gasteiger partial charge in [0.15, 0.2) is 9.84 Å². The van der Waals surface area contributed by atoms with Gasteiger partial charge in [-0.3, -0.25) is 4.79 Å². The van der Waals surface area contributed by atoms with Crippen molar-refractivity contribution in [2.45, 2.75) is 6.42 Å². The highest BCUT2D eigenvalue weighted by atomic mass is 32.2. The second-order valence-corrected chi connectivity index (χ2v) is 5.72. The molecule has 0 radical (unpaired) electrons. The zero-order chi connectivity index (χ0) is 8.82. The molecule has 0 N–H and O–H groups in total. The number of carbonyl (C=O) groups is 1. The largest absolute Gasteiger partial charge is 0.379 e. The van der Waals surface area contributed by atoms with Crippen molar-refractivity contribution < 1.29 is 17.9 Å². The van der Waals surface area contributed by atoms with Crippen LogP contribution in [0.5, 0.6) is 0 Å². The average Bonchev–Trinajstić information content (AvgIpc) is 1.91. The Hall–Kier alpha value is -0.420. The lowest BCUT2D eigenvalue weighted by Crippen LogP contribution is -2.56. The maximum atomic E-state index is 11.3. The first-order valence-corrected chi connectivity index (χ1v) is 5.68. The number of sulfone groups is 1. The van der Waals surface area contributed by atoms with Gasteiger partial charge in [0.1, 0.15) is 5.78 Å². The van der Waals surface area contributed by atoms with E-state index in [-0.39, 0.29) is 23.7 Å². The standard InChI is InChI=1S/C7H10O4S/c8-6-1-2-12(9,10)5-7(6)3-11-4-7/h1-5H2. The van der Waals surface area contributed by atoms with Gasteiger partial charge >= 0.3 is 0 Å². The van der Waals surface area contributed by atoms with Crippen LogP contribution in [0.25, 0.3) is 0 Å². The van der Waals surface area contributed by atoms with Crippen molar-refractivity contribution in [3.63, 3.8) is 0 Å². The summed E-state index contributed by atoms with van der Waals surface area (Å²) in [6.07, 6.45) is 0.172. The molecule has 0 aromatic rings. The zero-order valence-electron chi connectivity index (χ0n) is 6.58. The number of Topliss-reactive ketones (excluding diaryl/α,β-unsaturated/α-hetero) is 1. The number of rotatable bonds is 0. The second kappa shape index (κ2) is 2.29. The Bertz CT molecular complexity index is 312. The predicted octanol–water partition coefficient (Wildman–Crippen LogP) is -0.609. The predicted molar refractivity (Wildman–Crippen MR) is 41.5 cm³/mol. The van der Waals surface area contributed by atoms with Crippen LogP contribution >= 0.6 is 0 Å². The molecule has 0 aliphatic carbocycles. The van der Waals surface area contributed by atoms with Crippen LogP contribution in [0.2, 0.25) is 0 Å². The molecule has 2 aliphatic heterocycles. The van der Waals surface area contributed by atoms with Gasteiger partial charge in [0.2, 0.25) is 0 Å². The van der Waals surface area contributed by atoms with E-state index in [0.29, 0.717) is 13.2 Å². The third kappa shape index (κ3) is 1.08. The van der Waals surface area contributed by atoms with Crippen LogP contribution < -0.4 is 0 Å². The molecule has 0 amide bonds. The van der Waals surface area contributed by atoms with Crippen LogP contribution in [0, 0.1) is 5.41 Å². The lowest BCUT2D eigenvalue weighted by Gasteiger charge is -2.41. The molecule has 0 saturated carbocycles. The molecule has 2 heterocycles. The lowest BCUT2D eigenvalue weighted by molar-refractivity contribution is -0.154. The second-order valence-electron chi connectivity index (χ2n) is 3.54. The normalized spacial score (nSPS) is 31.5. The van der Waals surface area contributed by atoms with E-state index < -0.39 is 15.3 Å². The van der Waals surface area contributed by atoms with Crippen molar-refractivity contribution in [3.05, 3.63) is 0 Å². The van der Waals surface area contributed by atoms with Crippen molar-refractivity contribution >= 4 is 15.6 Å². The first-order chi connectivity index (χ1) is 5.54. The van der Waals surface area contributed by atoms with Crippen molar-refractivity contribution in [2.24, 2.45) is 5.41 Å². The molecule has 4 nitrogen and oxygen atoms in total. The Kier molecular flexibility index (Phi) is 1.56. The number of ether oxygens (including phenoxy) is 1. The highest BCUT2D eigenvalue weighted by Crippen LogP contribution is 2.35. The summed E-state index contributed by atoms with van der Waals surface area (Å²) in [6, 6.07) is 0. The fourth-order valence-corrected chi connectivity index (χ4v) is 3.49. The summed E-state index contributed by atoms with van der Waals surface area (Å²) in [7, 11) is -2.98. The van der Waals surface area contributed by atoms with Gasteiger partial charge in [-0.2, -0.15) is 0 Å². The minimum atomic E-state index is -2.98. The number of ketones is 1. The summed E-state index contributed by atoms with van der Waals surface area (Å²) < 4.78 is 27.3. The van der Waals surface area contributed by atoms with Gasteiger partial charge in [-0.15, -0.1) is 0 Å². The fraction of sp³-hybridized carbons (Fsp3) is 0.857. The molecular weight excluding hydrogens is 180 g/mol. The zero-order valence-corrected chi connectivity index (χ0v) is 7.39. The third-order valence-corrected chi connectivity index (χ3v) is 4.30. The third-order valence-electron chi connectivity index (χ3n) is 2.48. The molecule has 0 atom stereocenters. The van der Waals surface area contributed by atoms with E-state index in [1.165, 1.54) is 0 Å². The van der Waals surface area contributed by atoms with E-state index in [2.05, 4.69) is 0 Å². The molecule has 2 saturated heterocycles. The van der Waals surface area contributed by atoms with Gasteiger partial charge in [0.25, 0.3) is 0 Å². The molecular formula is C7H10O4S. The lowest BCUT2D eigenvalue weighted by atomic mass is 9.82. The quantitative estimate of drug-likeness (QED) is 0.511. The van der Waals surface area contributed by atoms with Crippen LogP contribution in [0.3, 0.4) is 0 Å². The molecule has 12 heavy (non-hydrogen) atoms. The maximum Gasteiger partial charge on any atom is 0.151 e. The summed E-state index contributed by atoms with van der Waals surface area (Å²) in [5, 5.41) is 0. The highest BCUT2D eigenvalue weighted by molar-refractivity contribution is 7.91. The molecule has 68 valence electrons. The van der Waals surface area contributed by atoms with Gasteiger partial charge < -0.3 is 4.74 Å². The molecule has 1 spiro atoms. The molecule has 0 aromatic heterocycles. The average molecular weight is 190 g/mol. The van der Waals surface area contributed by atoms with Crippen molar-refractivity contribution in [1.82, 2.24) is 0 Å². The maximum absolute atomic E-state index is 11.3. The van der Waals surface area contributed by atoms with Crippen LogP contribution in [-0.4, -0.2) is 38.9 Å². The molecule has 0 aromatic carbocycles. The minimum absolute atomic E-state index is 0.00116. The van der Waals surface area contributed by atoms with Crippen LogP contribution in [-0.2, 0) is 19.4 Å². The first-order valence-electron chi connectivity index (χ1n) is 3.86. The van der Waals surface area contributed by atoms with E-state index in [1.54, 1.807) is 0 Å². The molecule has 2 fully saturated rings. The number of hydrogen-bond donors (Lipinski definition) is 0. The van der Waals surface area contributed by atoms with Crippen LogP contribution in [0.1, 0.15) is 6.42 Å². The number of hydrogen-bond acceptors (Lipinski definition) is 4. The van der Waals surface area contributed by atoms with Gasteiger partial charge in [-0.25, -0.2) is 8.42 Å². The van der Waals surface area contributed by atoms with Gasteiger partial charge in [0.05, 0.1) is 30.1 Å². The molecule has 2 rings (SSSR count). The Morgan fingerprint density at radius 2 is 2.00 bits per heavy atom. The summed E-state index contributed by atoms with van der Waals surface area (Å²) in [5.74, 6) is 0.0791. The van der Waals surface area contributed by atoms with Crippen molar-refractivity contribution in [3.8, 4) is 0 Å². The molecule has 0 bridgehead atoms. The van der Waals surface area contributed by atoms with E-state index in [0.717, 1.165) is 0 Å². The van der Waals surface area contributed by atoms with Crippen LogP contribution in [0.4, 0.5) is 0 Å². The SMILES string of the molecule is O=C1CCS(=O)(=O)CC12COC2. The van der Waals surface area contributed by atoms with Crippen LogP contribution in [0.15, 0.2) is 0 Å². The summed E-state index contributed by atoms with van der Waals surface area (Å²) in [5.41, 5.74) is -0.656. The molecule has 5 heteroatoms. The highest BCUT2D eigenvalue weighted by Gasteiger charge is 2.51. The Balaban J connectivity index is 2.27. The number of carbonyl (C=O) groups excluding carboxylic acids is 1. The summed E-state index contributed by atoms with van der Waals surface area (Å²) in [4.78, 5) is 11.3.